The number of hydrogen-bond donors (Lipinski definition) is 0. The summed E-state index contributed by atoms with van der Waals surface area (Å²) in [5.74, 6) is 1.19. The van der Waals surface area contributed by atoms with Crippen LogP contribution in [0.3, 0.4) is 0 Å². The molecule has 1 aliphatic rings. The van der Waals surface area contributed by atoms with Crippen molar-refractivity contribution in [2.24, 2.45) is 5.92 Å². The van der Waals surface area contributed by atoms with Crippen molar-refractivity contribution in [3.63, 3.8) is 0 Å². The van der Waals surface area contributed by atoms with E-state index in [4.69, 9.17) is 4.74 Å². The van der Waals surface area contributed by atoms with E-state index in [-0.39, 0.29) is 11.9 Å². The second-order valence-corrected chi connectivity index (χ2v) is 6.59. The maximum Gasteiger partial charge on any atom is 0.166 e. The summed E-state index contributed by atoms with van der Waals surface area (Å²) in [6.07, 6.45) is 6.33. The molecule has 1 saturated carbocycles. The molecule has 1 fully saturated rings. The summed E-state index contributed by atoms with van der Waals surface area (Å²) >= 11 is 0. The normalized spacial score (nSPS) is 17.9. The lowest BCUT2D eigenvalue weighted by Crippen LogP contribution is -2.34. The minimum absolute atomic E-state index is 0.213. The predicted molar refractivity (Wildman–Crippen MR) is 86.6 cm³/mol. The maximum atomic E-state index is 12.5. The summed E-state index contributed by atoms with van der Waals surface area (Å²) in [5.41, 5.74) is 2.42. The van der Waals surface area contributed by atoms with Crippen molar-refractivity contribution in [2.45, 2.75) is 64.4 Å². The van der Waals surface area contributed by atoms with Gasteiger partial charge in [0.05, 0.1) is 0 Å². The molecule has 0 radical (unpaired) electrons. The molecule has 0 bridgehead atoms. The van der Waals surface area contributed by atoms with Crippen molar-refractivity contribution in [2.75, 3.05) is 7.11 Å². The van der Waals surface area contributed by atoms with Crippen LogP contribution in [0.1, 0.15) is 63.0 Å². The van der Waals surface area contributed by atoms with Gasteiger partial charge in [-0.1, -0.05) is 57.4 Å². The molecule has 1 atom stereocenters. The average Bonchev–Trinajstić information content (AvgIpc) is 2.49. The Morgan fingerprint density at radius 1 is 1.14 bits per heavy atom. The van der Waals surface area contributed by atoms with Gasteiger partial charge in [-0.2, -0.15) is 0 Å². The maximum absolute atomic E-state index is 12.5. The molecule has 1 unspecified atom stereocenters. The number of rotatable bonds is 6. The lowest BCUT2D eigenvalue weighted by atomic mass is 9.82. The van der Waals surface area contributed by atoms with E-state index in [1.807, 2.05) is 0 Å². The number of carbonyl (C=O) groups excluding carboxylic acids is 1. The number of ether oxygens (including phenoxy) is 1. The van der Waals surface area contributed by atoms with Crippen molar-refractivity contribution >= 4 is 5.78 Å². The van der Waals surface area contributed by atoms with Gasteiger partial charge in [-0.25, -0.2) is 0 Å². The topological polar surface area (TPSA) is 26.3 Å². The number of methoxy groups -OCH3 is 1. The fourth-order valence-electron chi connectivity index (χ4n) is 3.35. The quantitative estimate of drug-likeness (QED) is 0.769. The molecule has 116 valence electrons. The first kappa shape index (κ1) is 16.2. The lowest BCUT2D eigenvalue weighted by Gasteiger charge is -2.28. The fraction of sp³-hybridized carbons (Fsp3) is 0.632. The molecule has 0 N–H and O–H groups in total. The standard InChI is InChI=1S/C19H28O2/c1-14(2)16-11-9-15(10-12-16)13-18(20)19(21-3)17-7-5-4-6-8-17/h9-12,14,17,19H,4-8,13H2,1-3H3. The van der Waals surface area contributed by atoms with Gasteiger partial charge in [-0.15, -0.1) is 0 Å². The minimum atomic E-state index is -0.213. The van der Waals surface area contributed by atoms with E-state index in [2.05, 4.69) is 38.1 Å². The molecule has 0 heterocycles. The predicted octanol–water partition coefficient (Wildman–Crippen LogP) is 4.52. The molecule has 0 amide bonds. The van der Waals surface area contributed by atoms with E-state index in [1.54, 1.807) is 7.11 Å². The van der Waals surface area contributed by atoms with Gasteiger partial charge in [0.25, 0.3) is 0 Å². The smallest absolute Gasteiger partial charge is 0.166 e. The van der Waals surface area contributed by atoms with Crippen LogP contribution in [-0.2, 0) is 16.0 Å². The molecule has 2 heteroatoms. The van der Waals surface area contributed by atoms with Crippen LogP contribution in [0, 0.1) is 5.92 Å². The fourth-order valence-corrected chi connectivity index (χ4v) is 3.35. The zero-order valence-corrected chi connectivity index (χ0v) is 13.6. The zero-order valence-electron chi connectivity index (χ0n) is 13.6. The van der Waals surface area contributed by atoms with Crippen LogP contribution < -0.4 is 0 Å². The number of Topliss-reactive ketones (excluding diaryl/α,β-unsaturated/α-hetero) is 1. The van der Waals surface area contributed by atoms with Crippen LogP contribution in [0.25, 0.3) is 0 Å². The van der Waals surface area contributed by atoms with Crippen molar-refractivity contribution < 1.29 is 9.53 Å². The van der Waals surface area contributed by atoms with Crippen molar-refractivity contribution in [3.8, 4) is 0 Å². The van der Waals surface area contributed by atoms with Gasteiger partial charge in [-0.3, -0.25) is 4.79 Å². The number of benzene rings is 1. The van der Waals surface area contributed by atoms with Crippen LogP contribution in [0.2, 0.25) is 0 Å². The molecule has 0 spiro atoms. The molecule has 2 rings (SSSR count). The van der Waals surface area contributed by atoms with E-state index >= 15 is 0 Å². The largest absolute Gasteiger partial charge is 0.373 e. The number of carbonyl (C=O) groups is 1. The molecule has 0 aliphatic heterocycles. The first-order valence-corrected chi connectivity index (χ1v) is 8.26. The lowest BCUT2D eigenvalue weighted by molar-refractivity contribution is -0.132. The zero-order chi connectivity index (χ0) is 15.2. The summed E-state index contributed by atoms with van der Waals surface area (Å²) in [7, 11) is 1.68. The molecule has 1 aliphatic carbocycles. The summed E-state index contributed by atoms with van der Waals surface area (Å²) < 4.78 is 5.54. The third-order valence-electron chi connectivity index (χ3n) is 4.67. The molecular weight excluding hydrogens is 260 g/mol. The van der Waals surface area contributed by atoms with Gasteiger partial charge in [0.15, 0.2) is 5.78 Å². The molecule has 0 aromatic heterocycles. The Balaban J connectivity index is 1.98. The summed E-state index contributed by atoms with van der Waals surface area (Å²) in [4.78, 5) is 12.5. The number of ketones is 1. The van der Waals surface area contributed by atoms with Gasteiger partial charge in [0.1, 0.15) is 6.10 Å². The number of hydrogen-bond acceptors (Lipinski definition) is 2. The van der Waals surface area contributed by atoms with Crippen LogP contribution in [0.4, 0.5) is 0 Å². The van der Waals surface area contributed by atoms with E-state index in [0.717, 1.165) is 18.4 Å². The van der Waals surface area contributed by atoms with E-state index in [9.17, 15) is 4.79 Å². The highest BCUT2D eigenvalue weighted by Gasteiger charge is 2.29. The second kappa shape index (κ2) is 7.74. The highest BCUT2D eigenvalue weighted by molar-refractivity contribution is 5.85. The molecule has 2 nitrogen and oxygen atoms in total. The third kappa shape index (κ3) is 4.41. The van der Waals surface area contributed by atoms with E-state index in [0.29, 0.717) is 18.3 Å². The Labute approximate surface area is 128 Å². The first-order valence-electron chi connectivity index (χ1n) is 8.26. The second-order valence-electron chi connectivity index (χ2n) is 6.59. The Bertz CT molecular complexity index is 441. The molecule has 21 heavy (non-hydrogen) atoms. The van der Waals surface area contributed by atoms with Crippen LogP contribution >= 0.6 is 0 Å². The van der Waals surface area contributed by atoms with E-state index < -0.39 is 0 Å². The Morgan fingerprint density at radius 2 is 1.76 bits per heavy atom. The molecule has 1 aromatic carbocycles. The molecular formula is C19H28O2. The van der Waals surface area contributed by atoms with Crippen LogP contribution in [0.15, 0.2) is 24.3 Å². The molecule has 1 aromatic rings. The van der Waals surface area contributed by atoms with Gasteiger partial charge in [0.2, 0.25) is 0 Å². The SMILES string of the molecule is COC(C(=O)Cc1ccc(C(C)C)cc1)C1CCCCC1. The molecule has 0 saturated heterocycles. The highest BCUT2D eigenvalue weighted by Crippen LogP contribution is 2.28. The first-order chi connectivity index (χ1) is 10.1. The Morgan fingerprint density at radius 3 is 2.29 bits per heavy atom. The van der Waals surface area contributed by atoms with Gasteiger partial charge in [-0.05, 0) is 35.8 Å². The van der Waals surface area contributed by atoms with Crippen molar-refractivity contribution in [1.82, 2.24) is 0 Å². The Hall–Kier alpha value is -1.15. The summed E-state index contributed by atoms with van der Waals surface area (Å²) in [5, 5.41) is 0. The van der Waals surface area contributed by atoms with E-state index in [1.165, 1.54) is 24.8 Å². The van der Waals surface area contributed by atoms with Gasteiger partial charge >= 0.3 is 0 Å². The van der Waals surface area contributed by atoms with Crippen LogP contribution in [0.5, 0.6) is 0 Å². The minimum Gasteiger partial charge on any atom is -0.373 e. The van der Waals surface area contributed by atoms with Gasteiger partial charge < -0.3 is 4.74 Å². The highest BCUT2D eigenvalue weighted by atomic mass is 16.5. The van der Waals surface area contributed by atoms with Gasteiger partial charge in [0, 0.05) is 13.5 Å². The van der Waals surface area contributed by atoms with Crippen molar-refractivity contribution in [1.29, 1.82) is 0 Å². The monoisotopic (exact) mass is 288 g/mol. The Kier molecular flexibility index (Phi) is 5.98. The average molecular weight is 288 g/mol. The summed E-state index contributed by atoms with van der Waals surface area (Å²) in [6.45, 7) is 4.37. The van der Waals surface area contributed by atoms with Crippen LogP contribution in [-0.4, -0.2) is 19.0 Å². The summed E-state index contributed by atoms with van der Waals surface area (Å²) in [6, 6.07) is 8.44. The third-order valence-corrected chi connectivity index (χ3v) is 4.67. The van der Waals surface area contributed by atoms with Crippen molar-refractivity contribution in [3.05, 3.63) is 35.4 Å².